The van der Waals surface area contributed by atoms with Crippen LogP contribution in [0, 0.1) is 11.3 Å². The summed E-state index contributed by atoms with van der Waals surface area (Å²) in [5.41, 5.74) is 2.80. The number of anilines is 2. The van der Waals surface area contributed by atoms with Crippen molar-refractivity contribution in [2.45, 2.75) is 0 Å². The maximum absolute atomic E-state index is 12.1. The number of hydrogen-bond acceptors (Lipinski definition) is 3. The standard InChI is InChI=1S/C20H14BrN3O2/c21-17-6-1-2-7-18(17)24-20(26)23-15-10-8-13(9-11-15)16-5-3-4-14(12-22)19(16)25/h1-11,25H,(H2,23,24,26). The third-order valence-electron chi connectivity index (χ3n) is 3.73. The average molecular weight is 408 g/mol. The molecule has 0 radical (unpaired) electrons. The summed E-state index contributed by atoms with van der Waals surface area (Å²) in [5, 5.41) is 24.7. The number of halogens is 1. The minimum atomic E-state index is -0.362. The third kappa shape index (κ3) is 3.85. The molecule has 5 nitrogen and oxygen atoms in total. The van der Waals surface area contributed by atoms with E-state index in [0.29, 0.717) is 16.9 Å². The lowest BCUT2D eigenvalue weighted by Crippen LogP contribution is -2.19. The molecule has 2 amide bonds. The van der Waals surface area contributed by atoms with Crippen LogP contribution in [0.15, 0.2) is 71.2 Å². The largest absolute Gasteiger partial charge is 0.506 e. The molecule has 0 aliphatic rings. The number of rotatable bonds is 3. The van der Waals surface area contributed by atoms with Crippen LogP contribution in [-0.2, 0) is 0 Å². The second kappa shape index (κ2) is 7.72. The van der Waals surface area contributed by atoms with E-state index in [1.54, 1.807) is 48.5 Å². The van der Waals surface area contributed by atoms with Gasteiger partial charge < -0.3 is 15.7 Å². The monoisotopic (exact) mass is 407 g/mol. The van der Waals surface area contributed by atoms with Crippen LogP contribution in [-0.4, -0.2) is 11.1 Å². The molecule has 0 fully saturated rings. The van der Waals surface area contributed by atoms with Crippen LogP contribution >= 0.6 is 15.9 Å². The Morgan fingerprint density at radius 1 is 0.962 bits per heavy atom. The summed E-state index contributed by atoms with van der Waals surface area (Å²) in [6.45, 7) is 0. The van der Waals surface area contributed by atoms with Crippen LogP contribution in [0.25, 0.3) is 11.1 Å². The summed E-state index contributed by atoms with van der Waals surface area (Å²) in [7, 11) is 0. The highest BCUT2D eigenvalue weighted by atomic mass is 79.9. The third-order valence-corrected chi connectivity index (χ3v) is 4.42. The van der Waals surface area contributed by atoms with Crippen LogP contribution in [0.5, 0.6) is 5.75 Å². The quantitative estimate of drug-likeness (QED) is 0.547. The smallest absolute Gasteiger partial charge is 0.323 e. The van der Waals surface area contributed by atoms with Crippen molar-refractivity contribution in [2.75, 3.05) is 10.6 Å². The summed E-state index contributed by atoms with van der Waals surface area (Å²) in [6, 6.07) is 20.9. The number of nitrogens with zero attached hydrogens (tertiary/aromatic N) is 1. The topological polar surface area (TPSA) is 85.2 Å². The average Bonchev–Trinajstić information content (AvgIpc) is 2.65. The highest BCUT2D eigenvalue weighted by Crippen LogP contribution is 2.32. The lowest BCUT2D eigenvalue weighted by molar-refractivity contribution is 0.262. The molecule has 6 heteroatoms. The number of amides is 2. The van der Waals surface area contributed by atoms with Gasteiger partial charge in [0.15, 0.2) is 0 Å². The molecule has 3 N–H and O–H groups in total. The molecule has 3 aromatic rings. The van der Waals surface area contributed by atoms with Crippen molar-refractivity contribution in [3.63, 3.8) is 0 Å². The molecular formula is C20H14BrN3O2. The Hall–Kier alpha value is -3.30. The number of hydrogen-bond donors (Lipinski definition) is 3. The maximum atomic E-state index is 12.1. The molecule has 0 aliphatic heterocycles. The number of phenolic OH excluding ortho intramolecular Hbond substituents is 1. The molecule has 0 heterocycles. The molecule has 128 valence electrons. The normalized spacial score (nSPS) is 10.0. The first-order valence-corrected chi connectivity index (χ1v) is 8.53. The van der Waals surface area contributed by atoms with E-state index in [1.807, 2.05) is 24.3 Å². The van der Waals surface area contributed by atoms with Crippen molar-refractivity contribution in [1.29, 1.82) is 5.26 Å². The van der Waals surface area contributed by atoms with Crippen molar-refractivity contribution in [2.24, 2.45) is 0 Å². The van der Waals surface area contributed by atoms with E-state index < -0.39 is 0 Å². The van der Waals surface area contributed by atoms with Crippen molar-refractivity contribution < 1.29 is 9.90 Å². The van der Waals surface area contributed by atoms with Gasteiger partial charge in [0.05, 0.1) is 11.3 Å². The van der Waals surface area contributed by atoms with Gasteiger partial charge in [-0.3, -0.25) is 0 Å². The lowest BCUT2D eigenvalue weighted by atomic mass is 10.0. The zero-order chi connectivity index (χ0) is 18.5. The lowest BCUT2D eigenvalue weighted by Gasteiger charge is -2.10. The first-order chi connectivity index (χ1) is 12.6. The summed E-state index contributed by atoms with van der Waals surface area (Å²) < 4.78 is 0.790. The van der Waals surface area contributed by atoms with E-state index in [1.165, 1.54) is 0 Å². The van der Waals surface area contributed by atoms with Gasteiger partial charge in [0.2, 0.25) is 0 Å². The zero-order valence-electron chi connectivity index (χ0n) is 13.5. The van der Waals surface area contributed by atoms with E-state index in [4.69, 9.17) is 5.26 Å². The predicted molar refractivity (Wildman–Crippen MR) is 105 cm³/mol. The van der Waals surface area contributed by atoms with Gasteiger partial charge in [-0.2, -0.15) is 5.26 Å². The van der Waals surface area contributed by atoms with E-state index >= 15 is 0 Å². The highest BCUT2D eigenvalue weighted by Gasteiger charge is 2.09. The summed E-state index contributed by atoms with van der Waals surface area (Å²) in [6.07, 6.45) is 0. The van der Waals surface area contributed by atoms with Gasteiger partial charge in [0, 0.05) is 15.7 Å². The maximum Gasteiger partial charge on any atom is 0.323 e. The molecule has 3 rings (SSSR count). The Morgan fingerprint density at radius 2 is 1.69 bits per heavy atom. The number of benzene rings is 3. The first kappa shape index (κ1) is 17.5. The van der Waals surface area contributed by atoms with Gasteiger partial charge in [0.1, 0.15) is 11.8 Å². The zero-order valence-corrected chi connectivity index (χ0v) is 15.1. The summed E-state index contributed by atoms with van der Waals surface area (Å²) in [5.74, 6) is -0.0534. The highest BCUT2D eigenvalue weighted by molar-refractivity contribution is 9.10. The first-order valence-electron chi connectivity index (χ1n) is 7.73. The summed E-state index contributed by atoms with van der Waals surface area (Å²) >= 11 is 3.37. The van der Waals surface area contributed by atoms with Crippen LogP contribution in [0.4, 0.5) is 16.2 Å². The van der Waals surface area contributed by atoms with Gasteiger partial charge in [-0.1, -0.05) is 36.4 Å². The van der Waals surface area contributed by atoms with Gasteiger partial charge in [0.25, 0.3) is 0 Å². The number of aromatic hydroxyl groups is 1. The van der Waals surface area contributed by atoms with E-state index in [0.717, 1.165) is 10.0 Å². The van der Waals surface area contributed by atoms with Gasteiger partial charge in [-0.25, -0.2) is 4.79 Å². The van der Waals surface area contributed by atoms with Crippen LogP contribution in [0.3, 0.4) is 0 Å². The SMILES string of the molecule is N#Cc1cccc(-c2ccc(NC(=O)Nc3ccccc3Br)cc2)c1O. The number of nitriles is 1. The van der Waals surface area contributed by atoms with Crippen molar-refractivity contribution >= 4 is 33.3 Å². The molecule has 0 saturated carbocycles. The Balaban J connectivity index is 1.73. The molecule has 0 saturated heterocycles. The fourth-order valence-electron chi connectivity index (χ4n) is 2.45. The second-order valence-electron chi connectivity index (χ2n) is 5.45. The van der Waals surface area contributed by atoms with E-state index in [9.17, 15) is 9.90 Å². The molecule has 0 atom stereocenters. The van der Waals surface area contributed by atoms with E-state index in [2.05, 4.69) is 26.6 Å². The molecule has 0 unspecified atom stereocenters. The molecular weight excluding hydrogens is 394 g/mol. The Labute approximate surface area is 159 Å². The minimum Gasteiger partial charge on any atom is -0.506 e. The van der Waals surface area contributed by atoms with Gasteiger partial charge in [-0.05, 0) is 51.8 Å². The fraction of sp³-hybridized carbons (Fsp3) is 0. The second-order valence-corrected chi connectivity index (χ2v) is 6.30. The molecule has 0 spiro atoms. The van der Waals surface area contributed by atoms with Crippen molar-refractivity contribution in [3.05, 3.63) is 76.8 Å². The van der Waals surface area contributed by atoms with Crippen molar-refractivity contribution in [3.8, 4) is 22.9 Å². The Morgan fingerprint density at radius 3 is 2.38 bits per heavy atom. The van der Waals surface area contributed by atoms with Gasteiger partial charge in [-0.15, -0.1) is 0 Å². The number of nitrogens with one attached hydrogen (secondary N) is 2. The van der Waals surface area contributed by atoms with Crippen molar-refractivity contribution in [1.82, 2.24) is 0 Å². The summed E-state index contributed by atoms with van der Waals surface area (Å²) in [4.78, 5) is 12.1. The molecule has 0 aliphatic carbocycles. The van der Waals surface area contributed by atoms with Crippen LogP contribution in [0.1, 0.15) is 5.56 Å². The van der Waals surface area contributed by atoms with Gasteiger partial charge >= 0.3 is 6.03 Å². The Kier molecular flexibility index (Phi) is 5.20. The molecule has 0 aromatic heterocycles. The molecule has 26 heavy (non-hydrogen) atoms. The van der Waals surface area contributed by atoms with Crippen LogP contribution in [0.2, 0.25) is 0 Å². The fourth-order valence-corrected chi connectivity index (χ4v) is 2.83. The molecule has 3 aromatic carbocycles. The van der Waals surface area contributed by atoms with Crippen LogP contribution < -0.4 is 10.6 Å². The number of carbonyl (C=O) groups excluding carboxylic acids is 1. The minimum absolute atomic E-state index is 0.0534. The predicted octanol–water partition coefficient (Wildman–Crippen LogP) is 5.34. The Bertz CT molecular complexity index is 995. The number of urea groups is 1. The number of phenols is 1. The molecule has 0 bridgehead atoms. The number of carbonyl (C=O) groups is 1. The van der Waals surface area contributed by atoms with E-state index in [-0.39, 0.29) is 17.3 Å². The number of para-hydroxylation sites is 2.